The van der Waals surface area contributed by atoms with E-state index in [0.717, 1.165) is 6.07 Å². The van der Waals surface area contributed by atoms with E-state index in [0.29, 0.717) is 4.90 Å². The van der Waals surface area contributed by atoms with Crippen molar-refractivity contribution < 1.29 is 32.8 Å². The Hall–Kier alpha value is -2.65. The summed E-state index contributed by atoms with van der Waals surface area (Å²) in [6, 6.07) is 3.92. The number of likely N-dealkylation sites (tertiary alicyclic amines) is 1. The summed E-state index contributed by atoms with van der Waals surface area (Å²) in [7, 11) is 0. The van der Waals surface area contributed by atoms with Gasteiger partial charge in [-0.05, 0) is 13.0 Å². The molecule has 1 saturated heterocycles. The third kappa shape index (κ3) is 3.17. The molecule has 24 heavy (non-hydrogen) atoms. The van der Waals surface area contributed by atoms with Crippen LogP contribution >= 0.6 is 0 Å². The number of nitrogens with zero attached hydrogens (tertiary/aromatic N) is 2. The number of rotatable bonds is 3. The standard InChI is InChI=1S/C14H13F3N2O5/c1-7-3-2-4-8(11(7)19(23)24)12(20)18-5-9(13(21)22)10(6-18)14(15,16)17/h2-4,9-10H,5-6H2,1H3,(H,21,22)/t9-,10-/m1/s1. The van der Waals surface area contributed by atoms with Crippen LogP contribution in [0.5, 0.6) is 0 Å². The van der Waals surface area contributed by atoms with Crippen LogP contribution in [-0.4, -0.2) is 46.1 Å². The van der Waals surface area contributed by atoms with E-state index in [4.69, 9.17) is 5.11 Å². The molecule has 2 atom stereocenters. The van der Waals surface area contributed by atoms with Gasteiger partial charge in [0.05, 0.1) is 16.8 Å². The molecule has 0 aromatic heterocycles. The molecule has 1 heterocycles. The summed E-state index contributed by atoms with van der Waals surface area (Å²) in [6.07, 6.45) is -4.78. The number of aliphatic carboxylic acids is 1. The smallest absolute Gasteiger partial charge is 0.394 e. The number of aryl methyl sites for hydroxylation is 1. The van der Waals surface area contributed by atoms with Crippen LogP contribution < -0.4 is 0 Å². The molecule has 1 amide bonds. The average molecular weight is 346 g/mol. The van der Waals surface area contributed by atoms with Crippen LogP contribution in [0.1, 0.15) is 15.9 Å². The SMILES string of the molecule is Cc1cccc(C(=O)N2C[C@@H](C(F)(F)F)[C@H](C(=O)O)C2)c1[N+](=O)[O-]. The van der Waals surface area contributed by atoms with Crippen LogP contribution in [0.25, 0.3) is 0 Å². The molecule has 1 aromatic rings. The van der Waals surface area contributed by atoms with Crippen LogP contribution in [0.3, 0.4) is 0 Å². The number of hydrogen-bond donors (Lipinski definition) is 1. The summed E-state index contributed by atoms with van der Waals surface area (Å²) < 4.78 is 38.9. The molecule has 0 aliphatic carbocycles. The van der Waals surface area contributed by atoms with Crippen molar-refractivity contribution in [2.24, 2.45) is 11.8 Å². The maximum absolute atomic E-state index is 13.0. The van der Waals surface area contributed by atoms with Gasteiger partial charge in [-0.2, -0.15) is 13.2 Å². The molecule has 10 heteroatoms. The lowest BCUT2D eigenvalue weighted by molar-refractivity contribution is -0.385. The lowest BCUT2D eigenvalue weighted by Crippen LogP contribution is -2.34. The van der Waals surface area contributed by atoms with Crippen LogP contribution in [0.2, 0.25) is 0 Å². The maximum Gasteiger partial charge on any atom is 0.394 e. The van der Waals surface area contributed by atoms with Crippen molar-refractivity contribution in [1.82, 2.24) is 4.90 Å². The zero-order valence-corrected chi connectivity index (χ0v) is 12.4. The van der Waals surface area contributed by atoms with Crippen molar-refractivity contribution in [3.63, 3.8) is 0 Å². The van der Waals surface area contributed by atoms with Crippen LogP contribution in [0.4, 0.5) is 18.9 Å². The molecule has 130 valence electrons. The summed E-state index contributed by atoms with van der Waals surface area (Å²) in [4.78, 5) is 34.5. The summed E-state index contributed by atoms with van der Waals surface area (Å²) in [5.74, 6) is -6.64. The Bertz CT molecular complexity index is 704. The molecule has 0 saturated carbocycles. The molecule has 1 aliphatic heterocycles. The van der Waals surface area contributed by atoms with E-state index in [1.807, 2.05) is 0 Å². The number of para-hydroxylation sites is 1. The number of amides is 1. The Morgan fingerprint density at radius 3 is 2.42 bits per heavy atom. The Morgan fingerprint density at radius 2 is 1.96 bits per heavy atom. The van der Waals surface area contributed by atoms with E-state index in [1.165, 1.54) is 19.1 Å². The average Bonchev–Trinajstić information content (AvgIpc) is 2.91. The zero-order valence-electron chi connectivity index (χ0n) is 12.4. The number of benzene rings is 1. The quantitative estimate of drug-likeness (QED) is 0.668. The third-order valence-corrected chi connectivity index (χ3v) is 4.00. The Labute approximate surface area is 133 Å². The van der Waals surface area contributed by atoms with Crippen molar-refractivity contribution in [3.05, 3.63) is 39.4 Å². The van der Waals surface area contributed by atoms with Crippen molar-refractivity contribution in [2.45, 2.75) is 13.1 Å². The molecule has 1 fully saturated rings. The number of carboxylic acids is 1. The second kappa shape index (κ2) is 6.10. The van der Waals surface area contributed by atoms with Gasteiger partial charge in [-0.15, -0.1) is 0 Å². The first-order valence-corrected chi connectivity index (χ1v) is 6.86. The minimum atomic E-state index is -4.78. The van der Waals surface area contributed by atoms with Crippen LogP contribution in [-0.2, 0) is 4.79 Å². The number of nitro groups is 1. The van der Waals surface area contributed by atoms with E-state index in [2.05, 4.69) is 0 Å². The largest absolute Gasteiger partial charge is 0.481 e. The van der Waals surface area contributed by atoms with E-state index in [9.17, 15) is 32.9 Å². The molecule has 0 bridgehead atoms. The lowest BCUT2D eigenvalue weighted by Gasteiger charge is -2.18. The predicted molar refractivity (Wildman–Crippen MR) is 74.4 cm³/mol. The number of carboxylic acid groups (broad SMARTS) is 1. The van der Waals surface area contributed by atoms with Crippen LogP contribution in [0.15, 0.2) is 18.2 Å². The predicted octanol–water partition coefficient (Wildman–Crippen LogP) is 2.24. The number of nitro benzene ring substituents is 1. The van der Waals surface area contributed by atoms with Gasteiger partial charge in [0.2, 0.25) is 0 Å². The number of carbonyl (C=O) groups is 2. The van der Waals surface area contributed by atoms with Crippen molar-refractivity contribution in [3.8, 4) is 0 Å². The van der Waals surface area contributed by atoms with Crippen molar-refractivity contribution in [2.75, 3.05) is 13.1 Å². The maximum atomic E-state index is 13.0. The summed E-state index contributed by atoms with van der Waals surface area (Å²) >= 11 is 0. The van der Waals surface area contributed by atoms with Gasteiger partial charge in [0, 0.05) is 18.7 Å². The molecule has 1 aromatic carbocycles. The zero-order chi connectivity index (χ0) is 18.2. The molecule has 2 rings (SSSR count). The second-order valence-corrected chi connectivity index (χ2v) is 5.53. The van der Waals surface area contributed by atoms with Gasteiger partial charge < -0.3 is 10.0 Å². The fourth-order valence-corrected chi connectivity index (χ4v) is 2.80. The number of carbonyl (C=O) groups excluding carboxylic acids is 1. The molecule has 7 nitrogen and oxygen atoms in total. The number of alkyl halides is 3. The first-order valence-electron chi connectivity index (χ1n) is 6.86. The van der Waals surface area contributed by atoms with E-state index in [1.54, 1.807) is 0 Å². The van der Waals surface area contributed by atoms with E-state index in [-0.39, 0.29) is 11.1 Å². The fraction of sp³-hybridized carbons (Fsp3) is 0.429. The third-order valence-electron chi connectivity index (χ3n) is 4.00. The van der Waals surface area contributed by atoms with Gasteiger partial charge in [0.15, 0.2) is 0 Å². The van der Waals surface area contributed by atoms with Gasteiger partial charge in [-0.25, -0.2) is 0 Å². The molecular weight excluding hydrogens is 333 g/mol. The normalized spacial score (nSPS) is 20.9. The molecule has 0 unspecified atom stereocenters. The molecule has 1 N–H and O–H groups in total. The Morgan fingerprint density at radius 1 is 1.33 bits per heavy atom. The minimum Gasteiger partial charge on any atom is -0.481 e. The highest BCUT2D eigenvalue weighted by molar-refractivity contribution is 5.99. The summed E-state index contributed by atoms with van der Waals surface area (Å²) in [5, 5.41) is 20.1. The lowest BCUT2D eigenvalue weighted by atomic mass is 9.96. The molecule has 0 radical (unpaired) electrons. The topological polar surface area (TPSA) is 101 Å². The number of halogens is 3. The van der Waals surface area contributed by atoms with E-state index >= 15 is 0 Å². The van der Waals surface area contributed by atoms with Crippen molar-refractivity contribution in [1.29, 1.82) is 0 Å². The monoisotopic (exact) mass is 346 g/mol. The van der Waals surface area contributed by atoms with Crippen molar-refractivity contribution >= 4 is 17.6 Å². The summed E-state index contributed by atoms with van der Waals surface area (Å²) in [5.41, 5.74) is -0.663. The first kappa shape index (κ1) is 17.7. The number of hydrogen-bond acceptors (Lipinski definition) is 4. The Kier molecular flexibility index (Phi) is 4.50. The summed E-state index contributed by atoms with van der Waals surface area (Å²) in [6.45, 7) is -0.0920. The fourth-order valence-electron chi connectivity index (χ4n) is 2.80. The van der Waals surface area contributed by atoms with E-state index < -0.39 is 53.6 Å². The Balaban J connectivity index is 2.37. The molecule has 0 spiro atoms. The molecular formula is C14H13F3N2O5. The molecule has 1 aliphatic rings. The minimum absolute atomic E-state index is 0.187. The van der Waals surface area contributed by atoms with Crippen LogP contribution in [0, 0.1) is 28.9 Å². The highest BCUT2D eigenvalue weighted by Crippen LogP contribution is 2.38. The second-order valence-electron chi connectivity index (χ2n) is 5.53. The highest BCUT2D eigenvalue weighted by Gasteiger charge is 2.53. The van der Waals surface area contributed by atoms with Gasteiger partial charge >= 0.3 is 12.1 Å². The first-order chi connectivity index (χ1) is 11.0. The van der Waals surface area contributed by atoms with Gasteiger partial charge in [-0.3, -0.25) is 19.7 Å². The van der Waals surface area contributed by atoms with Gasteiger partial charge in [0.1, 0.15) is 5.56 Å². The van der Waals surface area contributed by atoms with Gasteiger partial charge in [0.25, 0.3) is 11.6 Å². The van der Waals surface area contributed by atoms with Gasteiger partial charge in [-0.1, -0.05) is 12.1 Å². The highest BCUT2D eigenvalue weighted by atomic mass is 19.4.